The van der Waals surface area contributed by atoms with Crippen LogP contribution in [-0.4, -0.2) is 20.8 Å². The van der Waals surface area contributed by atoms with Crippen LogP contribution in [0.3, 0.4) is 0 Å². The molecule has 122 valence electrons. The molecule has 0 aliphatic carbocycles. The molecule has 2 aromatic rings. The highest BCUT2D eigenvalue weighted by Gasteiger charge is 2.24. The first-order valence-corrected chi connectivity index (χ1v) is 8.22. The van der Waals surface area contributed by atoms with Crippen LogP contribution in [0.4, 0.5) is 0 Å². The standard InChI is InChI=1S/C20H25NO2/c1-13(2)14-5-8-19(23-4)18(12-14)20-17-7-6-16(22-3)11-15(17)9-10-21-20/h5-8,11-13,20-21H,9-10H2,1-4H3. The van der Waals surface area contributed by atoms with Gasteiger partial charge in [-0.3, -0.25) is 0 Å². The number of rotatable bonds is 4. The average molecular weight is 311 g/mol. The lowest BCUT2D eigenvalue weighted by Crippen LogP contribution is -2.31. The third-order valence-corrected chi connectivity index (χ3v) is 4.64. The fraction of sp³-hybridized carbons (Fsp3) is 0.400. The molecule has 1 heterocycles. The van der Waals surface area contributed by atoms with E-state index in [1.54, 1.807) is 14.2 Å². The summed E-state index contributed by atoms with van der Waals surface area (Å²) in [6.07, 6.45) is 1.02. The fourth-order valence-electron chi connectivity index (χ4n) is 3.28. The van der Waals surface area contributed by atoms with Gasteiger partial charge in [0.05, 0.1) is 20.3 Å². The second-order valence-corrected chi connectivity index (χ2v) is 6.36. The lowest BCUT2D eigenvalue weighted by molar-refractivity contribution is 0.401. The van der Waals surface area contributed by atoms with Gasteiger partial charge in [0.15, 0.2) is 0 Å². The van der Waals surface area contributed by atoms with Crippen LogP contribution in [0.1, 0.15) is 48.1 Å². The Balaban J connectivity index is 2.08. The summed E-state index contributed by atoms with van der Waals surface area (Å²) < 4.78 is 11.0. The van der Waals surface area contributed by atoms with Crippen molar-refractivity contribution in [3.63, 3.8) is 0 Å². The van der Waals surface area contributed by atoms with Gasteiger partial charge in [0, 0.05) is 12.1 Å². The van der Waals surface area contributed by atoms with Crippen LogP contribution in [0, 0.1) is 0 Å². The van der Waals surface area contributed by atoms with Crippen LogP contribution in [0.2, 0.25) is 0 Å². The van der Waals surface area contributed by atoms with Crippen molar-refractivity contribution in [2.45, 2.75) is 32.2 Å². The first kappa shape index (κ1) is 15.9. The van der Waals surface area contributed by atoms with E-state index in [-0.39, 0.29) is 6.04 Å². The molecule has 1 aliphatic rings. The van der Waals surface area contributed by atoms with Crippen molar-refractivity contribution in [1.82, 2.24) is 5.32 Å². The molecule has 1 N–H and O–H groups in total. The highest BCUT2D eigenvalue weighted by molar-refractivity contribution is 5.49. The number of hydrogen-bond donors (Lipinski definition) is 1. The van der Waals surface area contributed by atoms with E-state index in [4.69, 9.17) is 9.47 Å². The van der Waals surface area contributed by atoms with E-state index < -0.39 is 0 Å². The highest BCUT2D eigenvalue weighted by Crippen LogP contribution is 2.36. The van der Waals surface area contributed by atoms with Crippen molar-refractivity contribution in [2.75, 3.05) is 20.8 Å². The summed E-state index contributed by atoms with van der Waals surface area (Å²) >= 11 is 0. The zero-order valence-electron chi connectivity index (χ0n) is 14.3. The van der Waals surface area contributed by atoms with Crippen LogP contribution in [-0.2, 0) is 6.42 Å². The third-order valence-electron chi connectivity index (χ3n) is 4.64. The van der Waals surface area contributed by atoms with Crippen molar-refractivity contribution in [1.29, 1.82) is 0 Å². The highest BCUT2D eigenvalue weighted by atomic mass is 16.5. The predicted molar refractivity (Wildman–Crippen MR) is 93.6 cm³/mol. The number of fused-ring (bicyclic) bond motifs is 1. The summed E-state index contributed by atoms with van der Waals surface area (Å²) in [5, 5.41) is 3.65. The average Bonchev–Trinajstić information content (AvgIpc) is 2.60. The molecule has 0 saturated heterocycles. The summed E-state index contributed by atoms with van der Waals surface area (Å²) in [6, 6.07) is 13.1. The monoisotopic (exact) mass is 311 g/mol. The van der Waals surface area contributed by atoms with Gasteiger partial charge in [-0.15, -0.1) is 0 Å². The van der Waals surface area contributed by atoms with Crippen molar-refractivity contribution in [3.8, 4) is 11.5 Å². The van der Waals surface area contributed by atoms with E-state index in [0.717, 1.165) is 24.5 Å². The first-order chi connectivity index (χ1) is 11.1. The second-order valence-electron chi connectivity index (χ2n) is 6.36. The smallest absolute Gasteiger partial charge is 0.124 e. The number of nitrogens with one attached hydrogen (secondary N) is 1. The van der Waals surface area contributed by atoms with Crippen LogP contribution in [0.15, 0.2) is 36.4 Å². The largest absolute Gasteiger partial charge is 0.497 e. The Morgan fingerprint density at radius 2 is 1.83 bits per heavy atom. The van der Waals surface area contributed by atoms with Gasteiger partial charge >= 0.3 is 0 Å². The van der Waals surface area contributed by atoms with Gasteiger partial charge in [-0.1, -0.05) is 26.0 Å². The normalized spacial score (nSPS) is 17.0. The van der Waals surface area contributed by atoms with Crippen molar-refractivity contribution >= 4 is 0 Å². The van der Waals surface area contributed by atoms with E-state index >= 15 is 0 Å². The summed E-state index contributed by atoms with van der Waals surface area (Å²) in [7, 11) is 3.46. The maximum absolute atomic E-state index is 5.63. The van der Waals surface area contributed by atoms with Crippen LogP contribution in [0.25, 0.3) is 0 Å². The van der Waals surface area contributed by atoms with E-state index in [0.29, 0.717) is 5.92 Å². The third kappa shape index (κ3) is 3.06. The number of benzene rings is 2. The second kappa shape index (κ2) is 6.63. The van der Waals surface area contributed by atoms with Crippen LogP contribution >= 0.6 is 0 Å². The topological polar surface area (TPSA) is 30.5 Å². The molecule has 0 radical (unpaired) electrons. The van der Waals surface area contributed by atoms with Crippen molar-refractivity contribution in [2.24, 2.45) is 0 Å². The van der Waals surface area contributed by atoms with E-state index in [1.807, 2.05) is 6.07 Å². The molecule has 23 heavy (non-hydrogen) atoms. The Hall–Kier alpha value is -2.00. The maximum Gasteiger partial charge on any atom is 0.124 e. The van der Waals surface area contributed by atoms with Crippen molar-refractivity contribution < 1.29 is 9.47 Å². The maximum atomic E-state index is 5.63. The molecular weight excluding hydrogens is 286 g/mol. The van der Waals surface area contributed by atoms with Gasteiger partial charge in [-0.2, -0.15) is 0 Å². The lowest BCUT2D eigenvalue weighted by atomic mass is 9.87. The molecule has 3 rings (SSSR count). The van der Waals surface area contributed by atoms with Gasteiger partial charge < -0.3 is 14.8 Å². The Morgan fingerprint density at radius 1 is 1.00 bits per heavy atom. The zero-order chi connectivity index (χ0) is 16.4. The van der Waals surface area contributed by atoms with Gasteiger partial charge in [0.25, 0.3) is 0 Å². The molecule has 0 saturated carbocycles. The minimum Gasteiger partial charge on any atom is -0.497 e. The van der Waals surface area contributed by atoms with Crippen molar-refractivity contribution in [3.05, 3.63) is 58.7 Å². The molecule has 1 atom stereocenters. The van der Waals surface area contributed by atoms with Gasteiger partial charge in [-0.25, -0.2) is 0 Å². The first-order valence-electron chi connectivity index (χ1n) is 8.22. The van der Waals surface area contributed by atoms with Gasteiger partial charge in [-0.05, 0) is 53.3 Å². The number of hydrogen-bond acceptors (Lipinski definition) is 3. The lowest BCUT2D eigenvalue weighted by Gasteiger charge is -2.29. The molecule has 3 nitrogen and oxygen atoms in total. The Morgan fingerprint density at radius 3 is 2.52 bits per heavy atom. The number of methoxy groups -OCH3 is 2. The van der Waals surface area contributed by atoms with E-state index in [1.165, 1.54) is 22.3 Å². The van der Waals surface area contributed by atoms with E-state index in [2.05, 4.69) is 49.5 Å². The van der Waals surface area contributed by atoms with Gasteiger partial charge in [0.1, 0.15) is 11.5 Å². The Kier molecular flexibility index (Phi) is 4.58. The minimum atomic E-state index is 0.165. The minimum absolute atomic E-state index is 0.165. The molecule has 0 amide bonds. The molecular formula is C20H25NO2. The fourth-order valence-corrected chi connectivity index (χ4v) is 3.28. The summed E-state index contributed by atoms with van der Waals surface area (Å²) in [4.78, 5) is 0. The zero-order valence-corrected chi connectivity index (χ0v) is 14.3. The Bertz CT molecular complexity index is 694. The summed E-state index contributed by atoms with van der Waals surface area (Å²) in [6.45, 7) is 5.40. The molecule has 0 spiro atoms. The van der Waals surface area contributed by atoms with Crippen LogP contribution < -0.4 is 14.8 Å². The summed E-state index contributed by atoms with van der Waals surface area (Å²) in [5.41, 5.74) is 5.22. The van der Waals surface area contributed by atoms with E-state index in [9.17, 15) is 0 Å². The molecule has 2 aromatic carbocycles. The molecule has 0 fully saturated rings. The molecule has 0 bridgehead atoms. The molecule has 1 aliphatic heterocycles. The quantitative estimate of drug-likeness (QED) is 0.923. The van der Waals surface area contributed by atoms with Gasteiger partial charge in [0.2, 0.25) is 0 Å². The SMILES string of the molecule is COc1ccc2c(c1)CCNC2c1cc(C(C)C)ccc1OC. The summed E-state index contributed by atoms with van der Waals surface area (Å²) in [5.74, 6) is 2.36. The number of ether oxygens (including phenoxy) is 2. The molecule has 0 aromatic heterocycles. The molecule has 1 unspecified atom stereocenters. The Labute approximate surface area is 138 Å². The van der Waals surface area contributed by atoms with Crippen LogP contribution in [0.5, 0.6) is 11.5 Å². The predicted octanol–water partition coefficient (Wildman–Crippen LogP) is 4.06. The molecule has 3 heteroatoms.